The van der Waals surface area contributed by atoms with Crippen molar-refractivity contribution < 1.29 is 8.42 Å². The first-order valence-electron chi connectivity index (χ1n) is 5.01. The zero-order valence-electron chi connectivity index (χ0n) is 8.97. The number of hydrogen-bond donors (Lipinski definition) is 1. The summed E-state index contributed by atoms with van der Waals surface area (Å²) in [5.74, 6) is 1.69. The van der Waals surface area contributed by atoms with Crippen LogP contribution < -0.4 is 5.73 Å². The highest BCUT2D eigenvalue weighted by atomic mass is 79.9. The van der Waals surface area contributed by atoms with Gasteiger partial charge in [0, 0.05) is 35.3 Å². The molecule has 1 aliphatic heterocycles. The number of nitrogen functional groups attached to an aromatic ring is 1. The average molecular weight is 338 g/mol. The first-order chi connectivity index (χ1) is 8.01. The molecule has 0 bridgehead atoms. The number of halogens is 1. The van der Waals surface area contributed by atoms with Crippen molar-refractivity contribution in [3.63, 3.8) is 0 Å². The lowest BCUT2D eigenvalue weighted by atomic mass is 10.5. The van der Waals surface area contributed by atoms with Crippen molar-refractivity contribution in [1.29, 1.82) is 0 Å². The molecular weight excluding hydrogens is 326 g/mol. The topological polar surface area (TPSA) is 76.3 Å². The third-order valence-electron chi connectivity index (χ3n) is 2.44. The molecule has 0 atom stereocenters. The first kappa shape index (κ1) is 13.1. The summed E-state index contributed by atoms with van der Waals surface area (Å²) < 4.78 is 26.7. The smallest absolute Gasteiger partial charge is 0.246 e. The van der Waals surface area contributed by atoms with Gasteiger partial charge >= 0.3 is 0 Å². The molecule has 0 radical (unpaired) electrons. The van der Waals surface area contributed by atoms with E-state index in [-0.39, 0.29) is 10.7 Å². The summed E-state index contributed by atoms with van der Waals surface area (Å²) in [5.41, 5.74) is 5.64. The van der Waals surface area contributed by atoms with E-state index < -0.39 is 10.0 Å². The molecule has 0 amide bonds. The van der Waals surface area contributed by atoms with Crippen LogP contribution in [0.3, 0.4) is 0 Å². The monoisotopic (exact) mass is 337 g/mol. The number of aromatic nitrogens is 1. The predicted molar refractivity (Wildman–Crippen MR) is 72.4 cm³/mol. The summed E-state index contributed by atoms with van der Waals surface area (Å²) >= 11 is 4.96. The van der Waals surface area contributed by atoms with E-state index >= 15 is 0 Å². The van der Waals surface area contributed by atoms with E-state index in [1.54, 1.807) is 11.8 Å². The first-order valence-corrected chi connectivity index (χ1v) is 8.39. The van der Waals surface area contributed by atoms with Gasteiger partial charge in [-0.25, -0.2) is 13.4 Å². The Kier molecular flexibility index (Phi) is 3.96. The fourth-order valence-corrected chi connectivity index (χ4v) is 4.72. The molecule has 2 heterocycles. The number of anilines is 1. The molecule has 8 heteroatoms. The quantitative estimate of drug-likeness (QED) is 0.876. The van der Waals surface area contributed by atoms with Gasteiger partial charge < -0.3 is 5.73 Å². The van der Waals surface area contributed by atoms with Gasteiger partial charge in [-0.05, 0) is 22.0 Å². The van der Waals surface area contributed by atoms with Gasteiger partial charge in [-0.3, -0.25) is 0 Å². The Morgan fingerprint density at radius 2 is 2.06 bits per heavy atom. The van der Waals surface area contributed by atoms with Gasteiger partial charge in [0.25, 0.3) is 0 Å². The maximum Gasteiger partial charge on any atom is 0.246 e. The SMILES string of the molecule is Nc1ncc(Br)cc1S(=O)(=O)N1CCSCC1. The number of nitrogens with zero attached hydrogens (tertiary/aromatic N) is 2. The summed E-state index contributed by atoms with van der Waals surface area (Å²) in [7, 11) is -3.51. The Morgan fingerprint density at radius 3 is 2.71 bits per heavy atom. The van der Waals surface area contributed by atoms with Gasteiger partial charge in [0.05, 0.1) is 0 Å². The molecule has 1 aromatic heterocycles. The molecule has 1 saturated heterocycles. The molecular formula is C9H12BrN3O2S2. The summed E-state index contributed by atoms with van der Waals surface area (Å²) in [6.45, 7) is 1.05. The zero-order valence-corrected chi connectivity index (χ0v) is 12.2. The van der Waals surface area contributed by atoms with Gasteiger partial charge in [0.1, 0.15) is 10.7 Å². The predicted octanol–water partition coefficient (Wildman–Crippen LogP) is 1.16. The lowest BCUT2D eigenvalue weighted by Gasteiger charge is -2.25. The van der Waals surface area contributed by atoms with Crippen LogP contribution in [-0.4, -0.2) is 42.3 Å². The van der Waals surface area contributed by atoms with E-state index in [9.17, 15) is 8.42 Å². The molecule has 17 heavy (non-hydrogen) atoms. The maximum absolute atomic E-state index is 12.3. The number of hydrogen-bond acceptors (Lipinski definition) is 5. The van der Waals surface area contributed by atoms with Crippen molar-refractivity contribution >= 4 is 43.5 Å². The minimum atomic E-state index is -3.51. The largest absolute Gasteiger partial charge is 0.383 e. The van der Waals surface area contributed by atoms with E-state index in [1.807, 2.05) is 0 Å². The van der Waals surface area contributed by atoms with Crippen molar-refractivity contribution in [3.05, 3.63) is 16.7 Å². The number of rotatable bonds is 2. The molecule has 5 nitrogen and oxygen atoms in total. The molecule has 94 valence electrons. The van der Waals surface area contributed by atoms with Crippen LogP contribution in [0.4, 0.5) is 5.82 Å². The van der Waals surface area contributed by atoms with Crippen LogP contribution in [0.25, 0.3) is 0 Å². The second kappa shape index (κ2) is 5.13. The molecule has 0 spiro atoms. The number of pyridine rings is 1. The maximum atomic E-state index is 12.3. The lowest BCUT2D eigenvalue weighted by molar-refractivity contribution is 0.443. The molecule has 2 N–H and O–H groups in total. The van der Waals surface area contributed by atoms with E-state index in [0.29, 0.717) is 17.6 Å². The molecule has 0 saturated carbocycles. The average Bonchev–Trinajstić information content (AvgIpc) is 2.33. The van der Waals surface area contributed by atoms with Crippen LogP contribution >= 0.6 is 27.7 Å². The van der Waals surface area contributed by atoms with Crippen molar-refractivity contribution in [2.75, 3.05) is 30.3 Å². The van der Waals surface area contributed by atoms with Crippen LogP contribution in [0.15, 0.2) is 21.6 Å². The lowest BCUT2D eigenvalue weighted by Crippen LogP contribution is -2.38. The third kappa shape index (κ3) is 2.75. The molecule has 1 aliphatic rings. The normalized spacial score (nSPS) is 18.2. The van der Waals surface area contributed by atoms with E-state index in [4.69, 9.17) is 5.73 Å². The van der Waals surface area contributed by atoms with Gasteiger partial charge in [0.15, 0.2) is 0 Å². The Bertz CT molecular complexity index is 515. The molecule has 1 fully saturated rings. The van der Waals surface area contributed by atoms with E-state index in [2.05, 4.69) is 20.9 Å². The fourth-order valence-electron chi connectivity index (χ4n) is 1.56. The summed E-state index contributed by atoms with van der Waals surface area (Å²) in [5, 5.41) is 0. The second-order valence-electron chi connectivity index (χ2n) is 3.55. The van der Waals surface area contributed by atoms with Gasteiger partial charge in [-0.2, -0.15) is 16.1 Å². The molecule has 2 rings (SSSR count). The minimum absolute atomic E-state index is 0.0476. The van der Waals surface area contributed by atoms with Gasteiger partial charge in [-0.15, -0.1) is 0 Å². The van der Waals surface area contributed by atoms with Crippen LogP contribution in [0.5, 0.6) is 0 Å². The van der Waals surface area contributed by atoms with Crippen LogP contribution in [-0.2, 0) is 10.0 Å². The minimum Gasteiger partial charge on any atom is -0.383 e. The van der Waals surface area contributed by atoms with Gasteiger partial charge in [-0.1, -0.05) is 0 Å². The highest BCUT2D eigenvalue weighted by molar-refractivity contribution is 9.10. The van der Waals surface area contributed by atoms with Crippen LogP contribution in [0, 0.1) is 0 Å². The zero-order chi connectivity index (χ0) is 12.5. The third-order valence-corrected chi connectivity index (χ3v) is 5.74. The number of nitrogens with two attached hydrogens (primary N) is 1. The molecule has 0 aromatic carbocycles. The number of thioether (sulfide) groups is 1. The molecule has 1 aromatic rings. The van der Waals surface area contributed by atoms with Crippen molar-refractivity contribution in [3.8, 4) is 0 Å². The van der Waals surface area contributed by atoms with E-state index in [0.717, 1.165) is 11.5 Å². The summed E-state index contributed by atoms with van der Waals surface area (Å²) in [4.78, 5) is 3.94. The van der Waals surface area contributed by atoms with Crippen molar-refractivity contribution in [2.24, 2.45) is 0 Å². The molecule has 0 unspecified atom stereocenters. The van der Waals surface area contributed by atoms with Crippen LogP contribution in [0.1, 0.15) is 0 Å². The molecule has 0 aliphatic carbocycles. The Labute approximate surface area is 113 Å². The summed E-state index contributed by atoms with van der Waals surface area (Å²) in [6.07, 6.45) is 1.49. The number of sulfonamides is 1. The van der Waals surface area contributed by atoms with Gasteiger partial charge in [0.2, 0.25) is 10.0 Å². The Morgan fingerprint density at radius 1 is 1.41 bits per heavy atom. The second-order valence-corrected chi connectivity index (χ2v) is 7.60. The standard InChI is InChI=1S/C9H12BrN3O2S2/c10-7-5-8(9(11)12-6-7)17(14,15)13-1-3-16-4-2-13/h5-6H,1-4H2,(H2,11,12). The Hall–Kier alpha value is -0.310. The summed E-state index contributed by atoms with van der Waals surface area (Å²) in [6, 6.07) is 1.50. The highest BCUT2D eigenvalue weighted by Gasteiger charge is 2.28. The highest BCUT2D eigenvalue weighted by Crippen LogP contribution is 2.25. The van der Waals surface area contributed by atoms with Crippen LogP contribution in [0.2, 0.25) is 0 Å². The van der Waals surface area contributed by atoms with Crippen molar-refractivity contribution in [1.82, 2.24) is 9.29 Å². The van der Waals surface area contributed by atoms with Crippen molar-refractivity contribution in [2.45, 2.75) is 4.90 Å². The Balaban J connectivity index is 2.40. The van der Waals surface area contributed by atoms with E-state index in [1.165, 1.54) is 16.6 Å². The fraction of sp³-hybridized carbons (Fsp3) is 0.444.